The molecular formula is C48H65N3O7. The van der Waals surface area contributed by atoms with E-state index in [1.165, 1.54) is 5.57 Å². The molecular weight excluding hydrogens is 731 g/mol. The molecule has 0 aromatic heterocycles. The maximum atomic E-state index is 14.6. The summed E-state index contributed by atoms with van der Waals surface area (Å²) in [7, 11) is 0. The molecule has 6 rings (SSSR count). The van der Waals surface area contributed by atoms with E-state index in [2.05, 4.69) is 48.1 Å². The molecule has 1 spiro atoms. The summed E-state index contributed by atoms with van der Waals surface area (Å²) in [6, 6.07) is 4.77. The molecule has 9 unspecified atom stereocenters. The summed E-state index contributed by atoms with van der Waals surface area (Å²) < 4.78 is 6.18. The molecule has 314 valence electrons. The third-order valence-electron chi connectivity index (χ3n) is 13.8. The molecule has 9 atom stereocenters. The zero-order valence-electron chi connectivity index (χ0n) is 34.7. The number of carbonyl (C=O) groups excluding carboxylic acids is 2. The molecule has 10 nitrogen and oxygen atoms in total. The van der Waals surface area contributed by atoms with Crippen molar-refractivity contribution in [3.8, 4) is 11.8 Å². The molecule has 58 heavy (non-hydrogen) atoms. The molecule has 3 aliphatic carbocycles. The van der Waals surface area contributed by atoms with E-state index in [0.29, 0.717) is 68.3 Å². The number of hydrogen-bond acceptors (Lipinski definition) is 9. The molecule has 5 aliphatic rings. The Morgan fingerprint density at radius 2 is 2.03 bits per heavy atom. The highest BCUT2D eigenvalue weighted by atomic mass is 16.5. The van der Waals surface area contributed by atoms with Gasteiger partial charge in [-0.1, -0.05) is 84.1 Å². The van der Waals surface area contributed by atoms with E-state index in [1.807, 2.05) is 37.3 Å². The second kappa shape index (κ2) is 19.2. The van der Waals surface area contributed by atoms with Crippen LogP contribution < -0.4 is 16.4 Å². The molecule has 2 aliphatic heterocycles. The number of Topliss-reactive ketones (excluding diaryl/α,β-unsaturated/α-hetero) is 1. The van der Waals surface area contributed by atoms with Crippen LogP contribution in [0.25, 0.3) is 0 Å². The summed E-state index contributed by atoms with van der Waals surface area (Å²) in [5.74, 6) is 5.42. The zero-order valence-corrected chi connectivity index (χ0v) is 34.7. The van der Waals surface area contributed by atoms with Crippen LogP contribution in [0.15, 0.2) is 76.9 Å². The molecule has 0 radical (unpaired) electrons. The highest BCUT2D eigenvalue weighted by Crippen LogP contribution is 2.68. The Morgan fingerprint density at radius 3 is 2.81 bits per heavy atom. The van der Waals surface area contributed by atoms with Gasteiger partial charge < -0.3 is 36.2 Å². The number of rotatable bonds is 10. The minimum Gasteiger partial charge on any atom is -0.396 e. The van der Waals surface area contributed by atoms with Crippen LogP contribution in [-0.4, -0.2) is 76.3 Å². The smallest absolute Gasteiger partial charge is 0.243 e. The molecule has 1 aromatic rings. The van der Waals surface area contributed by atoms with Gasteiger partial charge in [-0.25, -0.2) is 0 Å². The monoisotopic (exact) mass is 795 g/mol. The van der Waals surface area contributed by atoms with Crippen molar-refractivity contribution in [1.29, 1.82) is 0 Å². The summed E-state index contributed by atoms with van der Waals surface area (Å²) in [5, 5.41) is 52.0. The fraction of sp³-hybridized carbons (Fsp3) is 0.583. The first-order valence-corrected chi connectivity index (χ1v) is 21.4. The number of allylic oxidation sites excluding steroid dienone is 8. The van der Waals surface area contributed by atoms with Gasteiger partial charge in [0.1, 0.15) is 18.8 Å². The van der Waals surface area contributed by atoms with Gasteiger partial charge in [0.05, 0.1) is 24.4 Å². The lowest BCUT2D eigenvalue weighted by molar-refractivity contribution is -0.181. The van der Waals surface area contributed by atoms with Gasteiger partial charge in [-0.05, 0) is 118 Å². The predicted molar refractivity (Wildman–Crippen MR) is 226 cm³/mol. The van der Waals surface area contributed by atoms with Gasteiger partial charge in [0.15, 0.2) is 5.78 Å². The SMILES string of the molecule is C=C1C=CC=C(C2C3CCCC4(O)CCC(=C(C)C(=O)Cc5cccc6c5C(NCC(C)O)C(=O)NC6N)C(CCCO)C4(C3)C2O)COCC#CCC(C)=CCC1. The molecule has 2 heterocycles. The van der Waals surface area contributed by atoms with Crippen LogP contribution in [0.2, 0.25) is 0 Å². The molecule has 8 N–H and O–H groups in total. The maximum absolute atomic E-state index is 14.6. The topological polar surface area (TPSA) is 174 Å². The van der Waals surface area contributed by atoms with E-state index >= 15 is 0 Å². The van der Waals surface area contributed by atoms with Crippen molar-refractivity contribution in [3.05, 3.63) is 93.6 Å². The van der Waals surface area contributed by atoms with Gasteiger partial charge in [0.2, 0.25) is 5.91 Å². The first-order chi connectivity index (χ1) is 27.8. The summed E-state index contributed by atoms with van der Waals surface area (Å²) >= 11 is 0. The number of carbonyl (C=O) groups is 2. The zero-order chi connectivity index (χ0) is 41.6. The minimum atomic E-state index is -1.16. The summed E-state index contributed by atoms with van der Waals surface area (Å²) in [6.45, 7) is 10.6. The van der Waals surface area contributed by atoms with Gasteiger partial charge in [-0.2, -0.15) is 0 Å². The lowest BCUT2D eigenvalue weighted by Gasteiger charge is -2.57. The number of ether oxygens (including phenoxy) is 1. The Labute approximate surface area is 344 Å². The van der Waals surface area contributed by atoms with Crippen molar-refractivity contribution in [2.24, 2.45) is 28.9 Å². The molecule has 2 bridgehead atoms. The van der Waals surface area contributed by atoms with Crippen LogP contribution in [0.5, 0.6) is 0 Å². The normalized spacial score (nSPS) is 33.1. The molecule has 10 heteroatoms. The number of ketones is 1. The fourth-order valence-corrected chi connectivity index (χ4v) is 11.0. The van der Waals surface area contributed by atoms with E-state index in [9.17, 15) is 30.0 Å². The van der Waals surface area contributed by atoms with Gasteiger partial charge >= 0.3 is 0 Å². The molecule has 1 aromatic carbocycles. The summed E-state index contributed by atoms with van der Waals surface area (Å²) in [6.07, 6.45) is 13.2. The Balaban J connectivity index is 1.36. The number of aliphatic hydroxyl groups is 4. The first kappa shape index (κ1) is 43.9. The van der Waals surface area contributed by atoms with Gasteiger partial charge in [0, 0.05) is 37.3 Å². The third kappa shape index (κ3) is 9.07. The van der Waals surface area contributed by atoms with Crippen molar-refractivity contribution in [1.82, 2.24) is 10.6 Å². The summed E-state index contributed by atoms with van der Waals surface area (Å²) in [4.78, 5) is 27.8. The van der Waals surface area contributed by atoms with Crippen LogP contribution in [-0.2, 0) is 20.7 Å². The van der Waals surface area contributed by atoms with E-state index < -0.39 is 35.4 Å². The average Bonchev–Trinajstić information content (AvgIpc) is 3.36. The van der Waals surface area contributed by atoms with E-state index in [4.69, 9.17) is 10.5 Å². The van der Waals surface area contributed by atoms with Crippen molar-refractivity contribution in [3.63, 3.8) is 0 Å². The van der Waals surface area contributed by atoms with E-state index in [0.717, 1.165) is 48.0 Å². The number of aliphatic hydroxyl groups excluding tert-OH is 3. The van der Waals surface area contributed by atoms with Crippen LogP contribution >= 0.6 is 0 Å². The Kier molecular flexibility index (Phi) is 14.5. The molecule has 1 amide bonds. The highest BCUT2D eigenvalue weighted by Gasteiger charge is 2.68. The fourth-order valence-electron chi connectivity index (χ4n) is 11.0. The Bertz CT molecular complexity index is 1900. The molecule has 3 fully saturated rings. The Morgan fingerprint density at radius 1 is 1.22 bits per heavy atom. The maximum Gasteiger partial charge on any atom is 0.243 e. The van der Waals surface area contributed by atoms with Gasteiger partial charge in [-0.15, -0.1) is 0 Å². The van der Waals surface area contributed by atoms with Gasteiger partial charge in [0.25, 0.3) is 0 Å². The van der Waals surface area contributed by atoms with Crippen molar-refractivity contribution in [2.45, 2.75) is 128 Å². The predicted octanol–water partition coefficient (Wildman–Crippen LogP) is 5.48. The largest absolute Gasteiger partial charge is 0.396 e. The lowest BCUT2D eigenvalue weighted by Crippen LogP contribution is -2.61. The van der Waals surface area contributed by atoms with Crippen LogP contribution in [0.3, 0.4) is 0 Å². The van der Waals surface area contributed by atoms with Crippen molar-refractivity contribution in [2.75, 3.05) is 26.4 Å². The van der Waals surface area contributed by atoms with Crippen LogP contribution in [0, 0.1) is 35.0 Å². The summed E-state index contributed by atoms with van der Waals surface area (Å²) in [5.41, 5.74) is 11.1. The average molecular weight is 796 g/mol. The second-order valence-electron chi connectivity index (χ2n) is 17.5. The lowest BCUT2D eigenvalue weighted by atomic mass is 9.51. The van der Waals surface area contributed by atoms with E-state index in [-0.39, 0.29) is 55.6 Å². The molecule has 0 saturated heterocycles. The van der Waals surface area contributed by atoms with Crippen LogP contribution in [0.4, 0.5) is 0 Å². The standard InChI is InChI=1S/C48H65N3O7/c1-30-12-5-6-25-58-29-36(17-8-15-31(2)14-7-13-30)41-35-18-10-22-47(57)23-21-37(39(20-11-24-52)48(47,27-35)44(41)55)33(4)40(54)26-34-16-9-19-38-42(34)43(50-28-32(3)53)46(56)51-45(38)49/h8-9,13,15-17,19,32,35,39,41,43-45,50,52-53,55,57H,2,7,10-12,14,18,20-29,49H2,1,3-4H3,(H,51,56). The number of nitrogens with one attached hydrogen (secondary N) is 2. The Hall–Kier alpha value is -3.66. The molecule has 3 saturated carbocycles. The van der Waals surface area contributed by atoms with E-state index in [1.54, 1.807) is 6.92 Å². The first-order valence-electron chi connectivity index (χ1n) is 21.4. The second-order valence-corrected chi connectivity index (χ2v) is 17.5. The number of nitrogens with two attached hydrogens (primary N) is 1. The van der Waals surface area contributed by atoms with Gasteiger partial charge in [-0.3, -0.25) is 14.9 Å². The third-order valence-corrected chi connectivity index (χ3v) is 13.8. The highest BCUT2D eigenvalue weighted by molar-refractivity contribution is 5.98. The number of benzene rings is 1. The van der Waals surface area contributed by atoms with Crippen molar-refractivity contribution < 1.29 is 34.8 Å². The quantitative estimate of drug-likeness (QED) is 0.0920. The van der Waals surface area contributed by atoms with Crippen molar-refractivity contribution >= 4 is 11.7 Å². The minimum absolute atomic E-state index is 0.0313. The number of amides is 1. The number of hydrogen-bond donors (Lipinski definition) is 7. The number of fused-ring (bicyclic) bond motifs is 2. The van der Waals surface area contributed by atoms with Crippen LogP contribution in [0.1, 0.15) is 120 Å².